The molecule has 1 heterocycles. The summed E-state index contributed by atoms with van der Waals surface area (Å²) in [6.07, 6.45) is -0.137. The van der Waals surface area contributed by atoms with Crippen molar-refractivity contribution in [1.29, 1.82) is 0 Å². The number of nitrogens with zero attached hydrogens (tertiary/aromatic N) is 1. The van der Waals surface area contributed by atoms with Crippen LogP contribution in [0.3, 0.4) is 0 Å². The maximum atomic E-state index is 13.0. The summed E-state index contributed by atoms with van der Waals surface area (Å²) in [6.45, 7) is 5.90. The summed E-state index contributed by atoms with van der Waals surface area (Å²) in [5.41, 5.74) is 1.37. The van der Waals surface area contributed by atoms with Gasteiger partial charge >= 0.3 is 6.09 Å². The number of fused-ring (bicyclic) bond motifs is 1. The van der Waals surface area contributed by atoms with E-state index in [0.717, 1.165) is 5.56 Å². The number of hydrogen-bond acceptors (Lipinski definition) is 3. The fraction of sp³-hybridized carbons (Fsp3) is 0.348. The average Bonchev–Trinajstić information content (AvgIpc) is 2.92. The summed E-state index contributed by atoms with van der Waals surface area (Å²) in [4.78, 5) is 38.6. The van der Waals surface area contributed by atoms with Crippen LogP contribution in [-0.4, -0.2) is 34.0 Å². The Kier molecular flexibility index (Phi) is 5.73. The van der Waals surface area contributed by atoms with Crippen LogP contribution < -0.4 is 5.32 Å². The van der Waals surface area contributed by atoms with Crippen LogP contribution in [-0.2, 0) is 0 Å². The molecule has 6 nitrogen and oxygen atoms in total. The van der Waals surface area contributed by atoms with Crippen LogP contribution in [0.1, 0.15) is 65.9 Å². The molecule has 0 saturated carbocycles. The number of hydrogen-bond donors (Lipinski definition) is 2. The molecule has 0 saturated heterocycles. The Balaban J connectivity index is 1.92. The Morgan fingerprint density at radius 1 is 0.931 bits per heavy atom. The molecule has 0 bridgehead atoms. The lowest BCUT2D eigenvalue weighted by Crippen LogP contribution is -2.44. The molecule has 152 valence electrons. The Labute approximate surface area is 170 Å². The van der Waals surface area contributed by atoms with Crippen molar-refractivity contribution in [2.75, 3.05) is 0 Å². The third-order valence-corrected chi connectivity index (χ3v) is 5.39. The van der Waals surface area contributed by atoms with Gasteiger partial charge in [-0.1, -0.05) is 63.2 Å². The first-order valence-corrected chi connectivity index (χ1v) is 9.71. The summed E-state index contributed by atoms with van der Waals surface area (Å²) in [5, 5.41) is 11.8. The van der Waals surface area contributed by atoms with Crippen LogP contribution in [0.15, 0.2) is 54.6 Å². The second-order valence-electron chi connectivity index (χ2n) is 8.40. The van der Waals surface area contributed by atoms with Gasteiger partial charge in [-0.15, -0.1) is 0 Å². The number of amides is 3. The highest BCUT2D eigenvalue weighted by Crippen LogP contribution is 2.36. The van der Waals surface area contributed by atoms with Crippen molar-refractivity contribution in [3.8, 4) is 0 Å². The second kappa shape index (κ2) is 8.07. The zero-order chi connectivity index (χ0) is 21.2. The van der Waals surface area contributed by atoms with Crippen molar-refractivity contribution >= 4 is 17.9 Å². The Morgan fingerprint density at radius 3 is 1.93 bits per heavy atom. The molecule has 6 heteroatoms. The molecule has 2 unspecified atom stereocenters. The van der Waals surface area contributed by atoms with Crippen molar-refractivity contribution in [1.82, 2.24) is 10.2 Å². The lowest BCUT2D eigenvalue weighted by molar-refractivity contribution is 0.0564. The standard InChI is InChI=1S/C23H26N2O4/c1-23(2,3)19(24-22(28)29)14-13-18(15-9-5-4-6-10-15)25-20(26)16-11-7-8-12-17(16)21(25)27/h4-12,18-19,24H,13-14H2,1-3H3,(H,28,29). The minimum atomic E-state index is -1.08. The van der Waals surface area contributed by atoms with Gasteiger partial charge < -0.3 is 10.4 Å². The molecule has 2 N–H and O–H groups in total. The quantitative estimate of drug-likeness (QED) is 0.707. The van der Waals surface area contributed by atoms with E-state index in [-0.39, 0.29) is 23.3 Å². The minimum Gasteiger partial charge on any atom is -0.465 e. The van der Waals surface area contributed by atoms with Gasteiger partial charge in [0.15, 0.2) is 0 Å². The smallest absolute Gasteiger partial charge is 0.404 e. The van der Waals surface area contributed by atoms with Gasteiger partial charge in [-0.25, -0.2) is 4.79 Å². The normalized spacial score (nSPS) is 15.8. The minimum absolute atomic E-state index is 0.304. The molecule has 3 rings (SSSR count). The van der Waals surface area contributed by atoms with Gasteiger partial charge in [0, 0.05) is 6.04 Å². The average molecular weight is 394 g/mol. The Hall–Kier alpha value is -3.15. The molecule has 0 spiro atoms. The van der Waals surface area contributed by atoms with E-state index < -0.39 is 12.1 Å². The topological polar surface area (TPSA) is 86.7 Å². The number of carbonyl (C=O) groups excluding carboxylic acids is 2. The first-order chi connectivity index (χ1) is 13.7. The van der Waals surface area contributed by atoms with E-state index in [1.807, 2.05) is 51.1 Å². The van der Waals surface area contributed by atoms with Gasteiger partial charge in [0.25, 0.3) is 11.8 Å². The molecule has 2 aromatic carbocycles. The number of carboxylic acid groups (broad SMARTS) is 1. The lowest BCUT2D eigenvalue weighted by atomic mass is 9.82. The summed E-state index contributed by atoms with van der Waals surface area (Å²) in [7, 11) is 0. The highest BCUT2D eigenvalue weighted by Gasteiger charge is 2.40. The van der Waals surface area contributed by atoms with Gasteiger partial charge in [-0.3, -0.25) is 14.5 Å². The number of imide groups is 1. The molecule has 0 aromatic heterocycles. The first kappa shape index (κ1) is 20.6. The largest absolute Gasteiger partial charge is 0.465 e. The van der Waals surface area contributed by atoms with E-state index >= 15 is 0 Å². The van der Waals surface area contributed by atoms with E-state index in [4.69, 9.17) is 0 Å². The predicted octanol–water partition coefficient (Wildman–Crippen LogP) is 4.49. The van der Waals surface area contributed by atoms with Crippen molar-refractivity contribution < 1.29 is 19.5 Å². The van der Waals surface area contributed by atoms with Crippen molar-refractivity contribution in [2.45, 2.75) is 45.7 Å². The third-order valence-electron chi connectivity index (χ3n) is 5.39. The fourth-order valence-electron chi connectivity index (χ4n) is 3.81. The van der Waals surface area contributed by atoms with E-state index in [9.17, 15) is 19.5 Å². The molecule has 29 heavy (non-hydrogen) atoms. The number of rotatable bonds is 6. The SMILES string of the molecule is CC(C)(C)C(CCC(c1ccccc1)N1C(=O)c2ccccc2C1=O)NC(=O)O. The number of benzene rings is 2. The number of carbonyl (C=O) groups is 3. The van der Waals surface area contributed by atoms with Crippen LogP contribution >= 0.6 is 0 Å². The van der Waals surface area contributed by atoms with Crippen LogP contribution in [0.25, 0.3) is 0 Å². The Bertz CT molecular complexity index is 883. The van der Waals surface area contributed by atoms with Gasteiger partial charge in [0.1, 0.15) is 0 Å². The summed E-state index contributed by atoms with van der Waals surface area (Å²) >= 11 is 0. The molecule has 0 fully saturated rings. The fourth-order valence-corrected chi connectivity index (χ4v) is 3.81. The monoisotopic (exact) mass is 394 g/mol. The Morgan fingerprint density at radius 2 is 1.45 bits per heavy atom. The van der Waals surface area contributed by atoms with E-state index in [1.165, 1.54) is 4.90 Å². The molecule has 0 radical (unpaired) electrons. The maximum Gasteiger partial charge on any atom is 0.404 e. The molecular weight excluding hydrogens is 368 g/mol. The molecular formula is C23H26N2O4. The summed E-state index contributed by atoms with van der Waals surface area (Å²) < 4.78 is 0. The zero-order valence-electron chi connectivity index (χ0n) is 16.9. The lowest BCUT2D eigenvalue weighted by Gasteiger charge is -2.33. The molecule has 0 aliphatic carbocycles. The summed E-state index contributed by atoms with van der Waals surface area (Å²) in [6, 6.07) is 15.5. The highest BCUT2D eigenvalue weighted by molar-refractivity contribution is 6.21. The second-order valence-corrected chi connectivity index (χ2v) is 8.40. The first-order valence-electron chi connectivity index (χ1n) is 9.71. The molecule has 2 aromatic rings. The van der Waals surface area contributed by atoms with Crippen LogP contribution in [0.2, 0.25) is 0 Å². The van der Waals surface area contributed by atoms with Crippen LogP contribution in [0.4, 0.5) is 4.79 Å². The highest BCUT2D eigenvalue weighted by atomic mass is 16.4. The third kappa shape index (κ3) is 4.31. The molecule has 1 aliphatic rings. The molecule has 2 atom stereocenters. The van der Waals surface area contributed by atoms with Gasteiger partial charge in [0.05, 0.1) is 17.2 Å². The van der Waals surface area contributed by atoms with E-state index in [0.29, 0.717) is 24.0 Å². The number of nitrogens with one attached hydrogen (secondary N) is 1. The zero-order valence-corrected chi connectivity index (χ0v) is 16.9. The van der Waals surface area contributed by atoms with E-state index in [2.05, 4.69) is 5.32 Å². The van der Waals surface area contributed by atoms with Crippen molar-refractivity contribution in [3.63, 3.8) is 0 Å². The van der Waals surface area contributed by atoms with Gasteiger partial charge in [-0.05, 0) is 36.0 Å². The van der Waals surface area contributed by atoms with Gasteiger partial charge in [-0.2, -0.15) is 0 Å². The predicted molar refractivity (Wildman–Crippen MR) is 110 cm³/mol. The molecule has 1 aliphatic heterocycles. The maximum absolute atomic E-state index is 13.0. The van der Waals surface area contributed by atoms with Crippen molar-refractivity contribution in [2.24, 2.45) is 5.41 Å². The molecule has 3 amide bonds. The van der Waals surface area contributed by atoms with Gasteiger partial charge in [0.2, 0.25) is 0 Å². The van der Waals surface area contributed by atoms with Crippen LogP contribution in [0, 0.1) is 5.41 Å². The van der Waals surface area contributed by atoms with Crippen molar-refractivity contribution in [3.05, 3.63) is 71.3 Å². The van der Waals surface area contributed by atoms with Crippen LogP contribution in [0.5, 0.6) is 0 Å². The van der Waals surface area contributed by atoms with E-state index in [1.54, 1.807) is 24.3 Å². The summed E-state index contributed by atoms with van der Waals surface area (Å²) in [5.74, 6) is -0.615.